The molecule has 3 rings (SSSR count). The number of carbonyl (C=O) groups is 1. The normalized spacial score (nSPS) is 12.1. The van der Waals surface area contributed by atoms with Crippen LogP contribution in [0, 0.1) is 0 Å². The summed E-state index contributed by atoms with van der Waals surface area (Å²) < 4.78 is 27.0. The molecule has 2 aromatic rings. The molecule has 1 aliphatic heterocycles. The fraction of sp³-hybridized carbons (Fsp3) is 0.350. The molecule has 0 spiro atoms. The molecule has 0 unspecified atom stereocenters. The minimum Gasteiger partial charge on any atom is -0.493 e. The average Bonchev–Trinajstić information content (AvgIpc) is 2.75. The lowest BCUT2D eigenvalue weighted by atomic mass is 10.1. The summed E-state index contributed by atoms with van der Waals surface area (Å²) in [5.41, 5.74) is 1.75. The molecule has 0 saturated heterocycles. The molecule has 0 bridgehead atoms. The predicted molar refractivity (Wildman–Crippen MR) is 103 cm³/mol. The van der Waals surface area contributed by atoms with Gasteiger partial charge in [-0.3, -0.25) is 0 Å². The van der Waals surface area contributed by atoms with Gasteiger partial charge in [-0.2, -0.15) is 0 Å². The lowest BCUT2D eigenvalue weighted by molar-refractivity contribution is 0.171. The fourth-order valence-electron chi connectivity index (χ4n) is 2.86. The summed E-state index contributed by atoms with van der Waals surface area (Å²) in [5, 5.41) is 5.64. The van der Waals surface area contributed by atoms with E-state index in [0.717, 1.165) is 16.9 Å². The SMILES string of the molecule is COc1cc(CNC(=O)NCc2ccc3c(c2)OCCO3)cc(OC)c1OC. The van der Waals surface area contributed by atoms with Crippen LogP contribution in [0.2, 0.25) is 0 Å². The summed E-state index contributed by atoms with van der Waals surface area (Å²) in [6.07, 6.45) is 0. The highest BCUT2D eigenvalue weighted by molar-refractivity contribution is 5.74. The molecule has 8 nitrogen and oxygen atoms in total. The maximum atomic E-state index is 12.1. The molecule has 150 valence electrons. The quantitative estimate of drug-likeness (QED) is 0.758. The number of amides is 2. The summed E-state index contributed by atoms with van der Waals surface area (Å²) in [6.45, 7) is 1.76. The van der Waals surface area contributed by atoms with Gasteiger partial charge in [0, 0.05) is 13.1 Å². The second-order valence-electron chi connectivity index (χ2n) is 6.05. The van der Waals surface area contributed by atoms with Gasteiger partial charge >= 0.3 is 6.03 Å². The minimum atomic E-state index is -0.288. The average molecular weight is 388 g/mol. The van der Waals surface area contributed by atoms with E-state index in [2.05, 4.69) is 10.6 Å². The van der Waals surface area contributed by atoms with E-state index >= 15 is 0 Å². The van der Waals surface area contributed by atoms with E-state index in [4.69, 9.17) is 23.7 Å². The third-order valence-corrected chi connectivity index (χ3v) is 4.24. The standard InChI is InChI=1S/C20H24N2O6/c1-24-17-9-14(10-18(25-2)19(17)26-3)12-22-20(23)21-11-13-4-5-15-16(8-13)28-7-6-27-15/h4-5,8-10H,6-7,11-12H2,1-3H3,(H2,21,22,23). The minimum absolute atomic E-state index is 0.288. The van der Waals surface area contributed by atoms with Crippen molar-refractivity contribution in [1.82, 2.24) is 10.6 Å². The van der Waals surface area contributed by atoms with Crippen LogP contribution < -0.4 is 34.3 Å². The molecule has 28 heavy (non-hydrogen) atoms. The Morgan fingerprint density at radius 1 is 0.857 bits per heavy atom. The summed E-state index contributed by atoms with van der Waals surface area (Å²) in [4.78, 5) is 12.1. The van der Waals surface area contributed by atoms with Crippen LogP contribution in [0.5, 0.6) is 28.7 Å². The van der Waals surface area contributed by atoms with Gasteiger partial charge in [0.2, 0.25) is 5.75 Å². The Labute approximate surface area is 163 Å². The zero-order valence-corrected chi connectivity index (χ0v) is 16.2. The number of fused-ring (bicyclic) bond motifs is 1. The fourth-order valence-corrected chi connectivity index (χ4v) is 2.86. The van der Waals surface area contributed by atoms with Crippen molar-refractivity contribution in [2.24, 2.45) is 0 Å². The maximum Gasteiger partial charge on any atom is 0.315 e. The van der Waals surface area contributed by atoms with Gasteiger partial charge in [0.15, 0.2) is 23.0 Å². The molecule has 0 radical (unpaired) electrons. The van der Waals surface area contributed by atoms with Gasteiger partial charge in [-0.25, -0.2) is 4.79 Å². The Morgan fingerprint density at radius 2 is 1.46 bits per heavy atom. The lowest BCUT2D eigenvalue weighted by Gasteiger charge is -2.19. The molecule has 0 aliphatic carbocycles. The molecule has 2 amide bonds. The first-order valence-corrected chi connectivity index (χ1v) is 8.83. The highest BCUT2D eigenvalue weighted by Gasteiger charge is 2.14. The molecule has 1 aliphatic rings. The van der Waals surface area contributed by atoms with Gasteiger partial charge in [0.25, 0.3) is 0 Å². The van der Waals surface area contributed by atoms with Gasteiger partial charge < -0.3 is 34.3 Å². The highest BCUT2D eigenvalue weighted by Crippen LogP contribution is 2.38. The molecular formula is C20H24N2O6. The summed E-state index contributed by atoms with van der Waals surface area (Å²) in [7, 11) is 4.65. The number of methoxy groups -OCH3 is 3. The van der Waals surface area contributed by atoms with E-state index in [-0.39, 0.29) is 6.03 Å². The Bertz CT molecular complexity index is 814. The van der Waals surface area contributed by atoms with E-state index < -0.39 is 0 Å². The van der Waals surface area contributed by atoms with Gasteiger partial charge in [-0.1, -0.05) is 6.07 Å². The number of hydrogen-bond donors (Lipinski definition) is 2. The number of urea groups is 1. The lowest BCUT2D eigenvalue weighted by Crippen LogP contribution is -2.34. The van der Waals surface area contributed by atoms with Crippen molar-refractivity contribution in [1.29, 1.82) is 0 Å². The van der Waals surface area contributed by atoms with Crippen molar-refractivity contribution in [3.63, 3.8) is 0 Å². The molecule has 2 N–H and O–H groups in total. The number of benzene rings is 2. The smallest absolute Gasteiger partial charge is 0.315 e. The first kappa shape index (κ1) is 19.5. The Balaban J connectivity index is 1.56. The zero-order chi connectivity index (χ0) is 19.9. The van der Waals surface area contributed by atoms with Crippen molar-refractivity contribution in [3.8, 4) is 28.7 Å². The van der Waals surface area contributed by atoms with Gasteiger partial charge in [-0.15, -0.1) is 0 Å². The Hall–Kier alpha value is -3.29. The Morgan fingerprint density at radius 3 is 2.07 bits per heavy atom. The molecule has 2 aromatic carbocycles. The van der Waals surface area contributed by atoms with Crippen LogP contribution in [0.15, 0.2) is 30.3 Å². The molecule has 0 fully saturated rings. The molecule has 1 heterocycles. The van der Waals surface area contributed by atoms with Crippen molar-refractivity contribution < 1.29 is 28.5 Å². The third-order valence-electron chi connectivity index (χ3n) is 4.24. The molecule has 0 saturated carbocycles. The third kappa shape index (κ3) is 4.51. The van der Waals surface area contributed by atoms with Crippen LogP contribution in [0.3, 0.4) is 0 Å². The molecule has 8 heteroatoms. The van der Waals surface area contributed by atoms with Crippen LogP contribution in [0.25, 0.3) is 0 Å². The van der Waals surface area contributed by atoms with Crippen molar-refractivity contribution in [2.75, 3.05) is 34.5 Å². The largest absolute Gasteiger partial charge is 0.493 e. The topological polar surface area (TPSA) is 87.3 Å². The first-order valence-electron chi connectivity index (χ1n) is 8.83. The molecule has 0 atom stereocenters. The van der Waals surface area contributed by atoms with E-state index in [1.807, 2.05) is 18.2 Å². The van der Waals surface area contributed by atoms with Crippen molar-refractivity contribution in [3.05, 3.63) is 41.5 Å². The van der Waals surface area contributed by atoms with E-state index in [1.165, 1.54) is 0 Å². The Kier molecular flexibility index (Phi) is 6.31. The number of ether oxygens (including phenoxy) is 5. The monoisotopic (exact) mass is 388 g/mol. The van der Waals surface area contributed by atoms with Crippen LogP contribution in [0.1, 0.15) is 11.1 Å². The number of rotatable bonds is 7. The van der Waals surface area contributed by atoms with Crippen LogP contribution >= 0.6 is 0 Å². The molecular weight excluding hydrogens is 364 g/mol. The van der Waals surface area contributed by atoms with Crippen LogP contribution in [-0.4, -0.2) is 40.6 Å². The van der Waals surface area contributed by atoms with Gasteiger partial charge in [0.1, 0.15) is 13.2 Å². The van der Waals surface area contributed by atoms with Crippen LogP contribution in [-0.2, 0) is 13.1 Å². The maximum absolute atomic E-state index is 12.1. The zero-order valence-electron chi connectivity index (χ0n) is 16.2. The van der Waals surface area contributed by atoms with Crippen LogP contribution in [0.4, 0.5) is 4.79 Å². The summed E-state index contributed by atoms with van der Waals surface area (Å²) in [6, 6.07) is 8.91. The van der Waals surface area contributed by atoms with Gasteiger partial charge in [0.05, 0.1) is 21.3 Å². The molecule has 0 aromatic heterocycles. The summed E-state index contributed by atoms with van der Waals surface area (Å²) in [5.74, 6) is 3.01. The highest BCUT2D eigenvalue weighted by atomic mass is 16.6. The van der Waals surface area contributed by atoms with E-state index in [9.17, 15) is 4.79 Å². The number of nitrogens with one attached hydrogen (secondary N) is 2. The van der Waals surface area contributed by atoms with E-state index in [1.54, 1.807) is 33.5 Å². The predicted octanol–water partition coefficient (Wildman–Crippen LogP) is 2.48. The summed E-state index contributed by atoms with van der Waals surface area (Å²) >= 11 is 0. The van der Waals surface area contributed by atoms with Crippen molar-refractivity contribution in [2.45, 2.75) is 13.1 Å². The van der Waals surface area contributed by atoms with Gasteiger partial charge in [-0.05, 0) is 35.4 Å². The second kappa shape index (κ2) is 9.07. The first-order chi connectivity index (χ1) is 13.6. The second-order valence-corrected chi connectivity index (χ2v) is 6.05. The number of carbonyl (C=O) groups excluding carboxylic acids is 1. The number of hydrogen-bond acceptors (Lipinski definition) is 6. The van der Waals surface area contributed by atoms with E-state index in [0.29, 0.717) is 49.3 Å². The van der Waals surface area contributed by atoms with Crippen molar-refractivity contribution >= 4 is 6.03 Å².